The maximum absolute atomic E-state index is 11.0. The van der Waals surface area contributed by atoms with Crippen molar-refractivity contribution >= 4 is 11.8 Å². The highest BCUT2D eigenvalue weighted by Gasteiger charge is 2.07. The summed E-state index contributed by atoms with van der Waals surface area (Å²) in [7, 11) is 1.35. The maximum Gasteiger partial charge on any atom is 0.411 e. The Morgan fingerprint density at radius 3 is 2.57 bits per heavy atom. The van der Waals surface area contributed by atoms with Gasteiger partial charge in [-0.1, -0.05) is 32.0 Å². The van der Waals surface area contributed by atoms with Gasteiger partial charge in [0.25, 0.3) is 0 Å². The molecule has 76 valence electrons. The lowest BCUT2D eigenvalue weighted by Gasteiger charge is -2.12. The number of carbonyl (C=O) groups excluding carboxylic acids is 1. The highest BCUT2D eigenvalue weighted by molar-refractivity contribution is 5.85. The average Bonchev–Trinajstić information content (AvgIpc) is 2.18. The molecule has 0 saturated heterocycles. The minimum atomic E-state index is -0.432. The normalized spacial score (nSPS) is 10.0. The summed E-state index contributed by atoms with van der Waals surface area (Å²) in [5.41, 5.74) is 1.92. The molecule has 1 rings (SSSR count). The average molecular weight is 193 g/mol. The van der Waals surface area contributed by atoms with Crippen molar-refractivity contribution in [1.82, 2.24) is 0 Å². The molecule has 0 unspecified atom stereocenters. The lowest BCUT2D eigenvalue weighted by molar-refractivity contribution is 0.187. The highest BCUT2D eigenvalue weighted by Crippen LogP contribution is 2.23. The second kappa shape index (κ2) is 4.65. The standard InChI is InChI=1S/C11H15NO2/c1-8(2)9-6-4-5-7-10(9)12-11(13)14-3/h4-8H,1-3H3,(H,12,13). The fraction of sp³-hybridized carbons (Fsp3) is 0.364. The zero-order chi connectivity index (χ0) is 10.6. The molecule has 0 atom stereocenters. The molecule has 0 spiro atoms. The topological polar surface area (TPSA) is 38.3 Å². The third-order valence-electron chi connectivity index (χ3n) is 2.00. The van der Waals surface area contributed by atoms with Crippen molar-refractivity contribution in [2.75, 3.05) is 12.4 Å². The molecule has 14 heavy (non-hydrogen) atoms. The van der Waals surface area contributed by atoms with Crippen molar-refractivity contribution in [3.63, 3.8) is 0 Å². The van der Waals surface area contributed by atoms with E-state index in [2.05, 4.69) is 23.9 Å². The molecule has 0 fully saturated rings. The van der Waals surface area contributed by atoms with Gasteiger partial charge in [-0.05, 0) is 17.5 Å². The van der Waals surface area contributed by atoms with Gasteiger partial charge in [0.1, 0.15) is 0 Å². The predicted molar refractivity (Wildman–Crippen MR) is 56.6 cm³/mol. The fourth-order valence-electron chi connectivity index (χ4n) is 1.28. The Hall–Kier alpha value is -1.51. The number of hydrogen-bond donors (Lipinski definition) is 1. The van der Waals surface area contributed by atoms with Crippen LogP contribution in [0.5, 0.6) is 0 Å². The van der Waals surface area contributed by atoms with E-state index in [4.69, 9.17) is 0 Å². The molecule has 0 heterocycles. The smallest absolute Gasteiger partial charge is 0.411 e. The minimum Gasteiger partial charge on any atom is -0.453 e. The van der Waals surface area contributed by atoms with E-state index in [0.29, 0.717) is 5.92 Å². The van der Waals surface area contributed by atoms with E-state index in [1.54, 1.807) is 0 Å². The number of ether oxygens (including phenoxy) is 1. The first-order chi connectivity index (χ1) is 6.65. The van der Waals surface area contributed by atoms with E-state index in [9.17, 15) is 4.79 Å². The third-order valence-corrected chi connectivity index (χ3v) is 2.00. The Labute approximate surface area is 84.1 Å². The van der Waals surface area contributed by atoms with Crippen molar-refractivity contribution < 1.29 is 9.53 Å². The summed E-state index contributed by atoms with van der Waals surface area (Å²) in [6, 6.07) is 7.71. The number of carbonyl (C=O) groups is 1. The van der Waals surface area contributed by atoms with Crippen LogP contribution >= 0.6 is 0 Å². The number of anilines is 1. The highest BCUT2D eigenvalue weighted by atomic mass is 16.5. The Balaban J connectivity index is 2.90. The van der Waals surface area contributed by atoms with E-state index < -0.39 is 6.09 Å². The SMILES string of the molecule is COC(=O)Nc1ccccc1C(C)C. The van der Waals surface area contributed by atoms with Crippen molar-refractivity contribution in [2.24, 2.45) is 0 Å². The van der Waals surface area contributed by atoms with Gasteiger partial charge in [0.2, 0.25) is 0 Å². The monoisotopic (exact) mass is 193 g/mol. The fourth-order valence-corrected chi connectivity index (χ4v) is 1.28. The lowest BCUT2D eigenvalue weighted by Crippen LogP contribution is -2.12. The van der Waals surface area contributed by atoms with E-state index in [-0.39, 0.29) is 0 Å². The quantitative estimate of drug-likeness (QED) is 0.784. The van der Waals surface area contributed by atoms with Crippen LogP contribution in [-0.2, 0) is 4.74 Å². The van der Waals surface area contributed by atoms with Gasteiger partial charge in [-0.25, -0.2) is 4.79 Å². The number of hydrogen-bond acceptors (Lipinski definition) is 2. The predicted octanol–water partition coefficient (Wildman–Crippen LogP) is 2.99. The molecule has 1 amide bonds. The van der Waals surface area contributed by atoms with Crippen LogP contribution in [-0.4, -0.2) is 13.2 Å². The summed E-state index contributed by atoms with van der Waals surface area (Å²) in [6.45, 7) is 4.16. The van der Waals surface area contributed by atoms with E-state index >= 15 is 0 Å². The first-order valence-electron chi connectivity index (χ1n) is 4.59. The number of benzene rings is 1. The number of rotatable bonds is 2. The lowest BCUT2D eigenvalue weighted by atomic mass is 10.0. The molecule has 3 nitrogen and oxygen atoms in total. The van der Waals surface area contributed by atoms with Crippen molar-refractivity contribution in [1.29, 1.82) is 0 Å². The first kappa shape index (κ1) is 10.6. The summed E-state index contributed by atoms with van der Waals surface area (Å²) in [5.74, 6) is 0.378. The van der Waals surface area contributed by atoms with Gasteiger partial charge in [-0.15, -0.1) is 0 Å². The minimum absolute atomic E-state index is 0.378. The van der Waals surface area contributed by atoms with Crippen molar-refractivity contribution in [3.05, 3.63) is 29.8 Å². The van der Waals surface area contributed by atoms with Gasteiger partial charge in [0.15, 0.2) is 0 Å². The molecule has 0 aliphatic rings. The van der Waals surface area contributed by atoms with Gasteiger partial charge < -0.3 is 4.74 Å². The number of para-hydroxylation sites is 1. The molecular formula is C11H15NO2. The van der Waals surface area contributed by atoms with Crippen LogP contribution in [0.15, 0.2) is 24.3 Å². The molecule has 0 saturated carbocycles. The second-order valence-corrected chi connectivity index (χ2v) is 3.36. The summed E-state index contributed by atoms with van der Waals surface area (Å²) < 4.78 is 4.54. The van der Waals surface area contributed by atoms with Gasteiger partial charge in [0.05, 0.1) is 7.11 Å². The van der Waals surface area contributed by atoms with Crippen LogP contribution < -0.4 is 5.32 Å². The molecule has 0 radical (unpaired) electrons. The summed E-state index contributed by atoms with van der Waals surface area (Å²) in [4.78, 5) is 11.0. The Morgan fingerprint density at radius 2 is 2.00 bits per heavy atom. The van der Waals surface area contributed by atoms with Crippen LogP contribution in [0.25, 0.3) is 0 Å². The van der Waals surface area contributed by atoms with Crippen LogP contribution in [0.2, 0.25) is 0 Å². The van der Waals surface area contributed by atoms with Gasteiger partial charge in [-0.2, -0.15) is 0 Å². The molecule has 0 aliphatic carbocycles. The Morgan fingerprint density at radius 1 is 1.36 bits per heavy atom. The van der Waals surface area contributed by atoms with Gasteiger partial charge in [-0.3, -0.25) is 5.32 Å². The van der Waals surface area contributed by atoms with Gasteiger partial charge >= 0.3 is 6.09 Å². The van der Waals surface area contributed by atoms with Crippen LogP contribution in [0.1, 0.15) is 25.3 Å². The van der Waals surface area contributed by atoms with Crippen LogP contribution in [0.3, 0.4) is 0 Å². The van der Waals surface area contributed by atoms with Crippen LogP contribution in [0.4, 0.5) is 10.5 Å². The molecule has 1 aromatic rings. The van der Waals surface area contributed by atoms with Gasteiger partial charge in [0, 0.05) is 5.69 Å². The van der Waals surface area contributed by atoms with Crippen molar-refractivity contribution in [3.8, 4) is 0 Å². The summed E-state index contributed by atoms with van der Waals surface area (Å²) in [6.07, 6.45) is -0.432. The number of methoxy groups -OCH3 is 1. The molecule has 1 N–H and O–H groups in total. The first-order valence-corrected chi connectivity index (χ1v) is 4.59. The maximum atomic E-state index is 11.0. The van der Waals surface area contributed by atoms with Crippen molar-refractivity contribution in [2.45, 2.75) is 19.8 Å². The summed E-state index contributed by atoms with van der Waals surface area (Å²) >= 11 is 0. The molecule has 0 aliphatic heterocycles. The van der Waals surface area contributed by atoms with E-state index in [1.807, 2.05) is 24.3 Å². The molecule has 1 aromatic carbocycles. The largest absolute Gasteiger partial charge is 0.453 e. The Kier molecular flexibility index (Phi) is 3.51. The molecule has 0 bridgehead atoms. The third kappa shape index (κ3) is 2.49. The molecular weight excluding hydrogens is 178 g/mol. The molecule has 3 heteroatoms. The zero-order valence-corrected chi connectivity index (χ0v) is 8.70. The zero-order valence-electron chi connectivity index (χ0n) is 8.70. The Bertz CT molecular complexity index is 321. The molecule has 0 aromatic heterocycles. The van der Waals surface area contributed by atoms with Crippen LogP contribution in [0, 0.1) is 0 Å². The summed E-state index contributed by atoms with van der Waals surface area (Å²) in [5, 5.41) is 2.68. The second-order valence-electron chi connectivity index (χ2n) is 3.36. The van der Waals surface area contributed by atoms with E-state index in [1.165, 1.54) is 7.11 Å². The number of nitrogens with one attached hydrogen (secondary N) is 1. The number of amides is 1. The van der Waals surface area contributed by atoms with E-state index in [0.717, 1.165) is 11.3 Å².